The molecule has 0 unspecified atom stereocenters. The number of hydrogen-bond donors (Lipinski definition) is 1. The van der Waals surface area contributed by atoms with Crippen molar-refractivity contribution in [3.63, 3.8) is 0 Å². The van der Waals surface area contributed by atoms with Crippen LogP contribution in [0.4, 0.5) is 0 Å². The van der Waals surface area contributed by atoms with Gasteiger partial charge in [0.15, 0.2) is 0 Å². The molecule has 0 aromatic carbocycles. The van der Waals surface area contributed by atoms with E-state index in [9.17, 15) is 9.90 Å². The van der Waals surface area contributed by atoms with Gasteiger partial charge in [0.05, 0.1) is 5.60 Å². The third kappa shape index (κ3) is 3.54. The predicted molar refractivity (Wildman–Crippen MR) is 138 cm³/mol. The van der Waals surface area contributed by atoms with Gasteiger partial charge in [0.2, 0.25) is 0 Å². The first-order chi connectivity index (χ1) is 15.1. The Balaban J connectivity index is 1.60. The van der Waals surface area contributed by atoms with E-state index in [1.54, 1.807) is 0 Å². The second-order valence-electron chi connectivity index (χ2n) is 14.6. The van der Waals surface area contributed by atoms with Gasteiger partial charge >= 0.3 is 0 Å². The Labute approximate surface area is 204 Å². The first kappa shape index (κ1) is 25.5. The van der Waals surface area contributed by atoms with E-state index in [4.69, 9.17) is 0 Å². The van der Waals surface area contributed by atoms with Gasteiger partial charge in [0, 0.05) is 11.8 Å². The van der Waals surface area contributed by atoms with Crippen LogP contribution in [-0.2, 0) is 4.79 Å². The molecule has 0 radical (unpaired) electrons. The molecule has 0 amide bonds. The number of ketones is 1. The molecule has 33 heavy (non-hydrogen) atoms. The lowest BCUT2D eigenvalue weighted by Gasteiger charge is -2.69. The summed E-state index contributed by atoms with van der Waals surface area (Å²) in [5.74, 6) is 3.22. The van der Waals surface area contributed by atoms with Crippen molar-refractivity contribution in [2.45, 2.75) is 125 Å². The number of aliphatic hydroxyl groups is 1. The van der Waals surface area contributed by atoms with Crippen LogP contribution in [0.2, 0.25) is 0 Å². The Morgan fingerprint density at radius 2 is 1.67 bits per heavy atom. The smallest absolute Gasteiger partial charge is 0.138 e. The van der Waals surface area contributed by atoms with Crippen molar-refractivity contribution < 1.29 is 9.90 Å². The van der Waals surface area contributed by atoms with Crippen molar-refractivity contribution in [3.8, 4) is 0 Å². The lowest BCUT2D eigenvalue weighted by atomic mass is 9.35. The standard InChI is InChI=1S/C31H52O2/c1-20(2)21(3)12-19-31(9,33)23-13-17-29(7)22(23)10-11-25-28(6)16-15-26(32)27(4,5)24(28)14-18-30(25,29)8/h21-25,33H,1,10-19H2,2-9H3/t21-,22-,23+,24+,25-,28+,29-,30-,31+/m1/s1. The number of carbonyl (C=O) groups is 1. The third-order valence-electron chi connectivity index (χ3n) is 12.9. The van der Waals surface area contributed by atoms with Gasteiger partial charge in [-0.3, -0.25) is 4.79 Å². The zero-order chi connectivity index (χ0) is 24.6. The summed E-state index contributed by atoms with van der Waals surface area (Å²) in [5.41, 5.74) is 1.35. The molecule has 9 atom stereocenters. The summed E-state index contributed by atoms with van der Waals surface area (Å²) in [6.45, 7) is 22.9. The molecule has 0 spiro atoms. The van der Waals surface area contributed by atoms with Crippen LogP contribution in [-0.4, -0.2) is 16.5 Å². The summed E-state index contributed by atoms with van der Waals surface area (Å²) in [7, 11) is 0. The van der Waals surface area contributed by atoms with Crippen molar-refractivity contribution in [1.82, 2.24) is 0 Å². The lowest BCUT2D eigenvalue weighted by molar-refractivity contribution is -0.207. The zero-order valence-electron chi connectivity index (χ0n) is 23.0. The molecule has 4 rings (SSSR count). The van der Waals surface area contributed by atoms with Crippen LogP contribution in [0.1, 0.15) is 120 Å². The molecule has 0 bridgehead atoms. The van der Waals surface area contributed by atoms with Gasteiger partial charge in [0.1, 0.15) is 5.78 Å². The van der Waals surface area contributed by atoms with E-state index < -0.39 is 5.60 Å². The molecule has 0 heterocycles. The topological polar surface area (TPSA) is 37.3 Å². The lowest BCUT2D eigenvalue weighted by Crippen LogP contribution is -2.63. The summed E-state index contributed by atoms with van der Waals surface area (Å²) in [6.07, 6.45) is 11.2. The number of rotatable bonds is 5. The van der Waals surface area contributed by atoms with E-state index in [0.717, 1.165) is 25.7 Å². The molecule has 188 valence electrons. The Morgan fingerprint density at radius 1 is 1.03 bits per heavy atom. The maximum Gasteiger partial charge on any atom is 0.138 e. The molecule has 1 N–H and O–H groups in total. The molecule has 2 heteroatoms. The number of fused-ring (bicyclic) bond motifs is 5. The van der Waals surface area contributed by atoms with E-state index in [1.807, 2.05) is 0 Å². The quantitative estimate of drug-likeness (QED) is 0.426. The summed E-state index contributed by atoms with van der Waals surface area (Å²) in [5, 5.41) is 11.7. The summed E-state index contributed by atoms with van der Waals surface area (Å²) >= 11 is 0. The molecular formula is C31H52O2. The molecular weight excluding hydrogens is 404 g/mol. The fourth-order valence-electron chi connectivity index (χ4n) is 10.2. The number of carbonyl (C=O) groups excluding carboxylic acids is 1. The van der Waals surface area contributed by atoms with Crippen LogP contribution in [0, 0.1) is 51.2 Å². The fourth-order valence-corrected chi connectivity index (χ4v) is 10.2. The molecule has 4 aliphatic rings. The van der Waals surface area contributed by atoms with Gasteiger partial charge < -0.3 is 5.11 Å². The Morgan fingerprint density at radius 3 is 2.30 bits per heavy atom. The van der Waals surface area contributed by atoms with Gasteiger partial charge in [-0.1, -0.05) is 53.7 Å². The average molecular weight is 457 g/mol. The summed E-state index contributed by atoms with van der Waals surface area (Å²) in [6, 6.07) is 0. The summed E-state index contributed by atoms with van der Waals surface area (Å²) < 4.78 is 0. The van der Waals surface area contributed by atoms with Crippen molar-refractivity contribution in [1.29, 1.82) is 0 Å². The summed E-state index contributed by atoms with van der Waals surface area (Å²) in [4.78, 5) is 12.9. The van der Waals surface area contributed by atoms with Gasteiger partial charge in [-0.2, -0.15) is 0 Å². The second kappa shape index (κ2) is 7.94. The zero-order valence-corrected chi connectivity index (χ0v) is 23.0. The predicted octanol–water partition coefficient (Wildman–Crippen LogP) is 7.98. The largest absolute Gasteiger partial charge is 0.390 e. The molecule has 0 aromatic rings. The third-order valence-corrected chi connectivity index (χ3v) is 12.9. The van der Waals surface area contributed by atoms with Gasteiger partial charge in [-0.25, -0.2) is 0 Å². The van der Waals surface area contributed by atoms with Crippen LogP contribution in [0.5, 0.6) is 0 Å². The highest BCUT2D eigenvalue weighted by Gasteiger charge is 2.69. The van der Waals surface area contributed by atoms with Crippen molar-refractivity contribution >= 4 is 5.78 Å². The Bertz CT molecular complexity index is 808. The van der Waals surface area contributed by atoms with Crippen LogP contribution in [0.25, 0.3) is 0 Å². The molecule has 0 aromatic heterocycles. The molecule has 0 aliphatic heterocycles. The number of Topliss-reactive ketones (excluding diaryl/α,β-unsaturated/α-hetero) is 1. The number of hydrogen-bond acceptors (Lipinski definition) is 2. The van der Waals surface area contributed by atoms with Crippen LogP contribution >= 0.6 is 0 Å². The van der Waals surface area contributed by atoms with Crippen molar-refractivity contribution in [2.75, 3.05) is 0 Å². The molecule has 2 nitrogen and oxygen atoms in total. The molecule has 4 saturated carbocycles. The minimum absolute atomic E-state index is 0.173. The Kier molecular flexibility index (Phi) is 6.13. The molecule has 0 saturated heterocycles. The average Bonchev–Trinajstić information content (AvgIpc) is 3.08. The fraction of sp³-hybridized carbons (Fsp3) is 0.903. The van der Waals surface area contributed by atoms with Gasteiger partial charge in [-0.05, 0) is 117 Å². The highest BCUT2D eigenvalue weighted by atomic mass is 16.3. The monoisotopic (exact) mass is 456 g/mol. The van der Waals surface area contributed by atoms with E-state index in [2.05, 4.69) is 62.0 Å². The minimum atomic E-state index is -0.588. The Hall–Kier alpha value is -0.630. The first-order valence-corrected chi connectivity index (χ1v) is 14.0. The minimum Gasteiger partial charge on any atom is -0.390 e. The molecule has 4 aliphatic carbocycles. The molecule has 4 fully saturated rings. The first-order valence-electron chi connectivity index (χ1n) is 14.0. The SMILES string of the molecule is C=C(C)[C@H](C)CC[C@](C)(O)[C@H]1CC[C@]2(C)[C@@H]1CC[C@@H]1[C@@]3(C)CCC(=O)C(C)(C)[C@@H]3CC[C@]12C. The maximum absolute atomic E-state index is 12.9. The van der Waals surface area contributed by atoms with Crippen molar-refractivity contribution in [2.24, 2.45) is 51.2 Å². The van der Waals surface area contributed by atoms with Crippen LogP contribution < -0.4 is 0 Å². The normalized spacial score (nSPS) is 47.1. The van der Waals surface area contributed by atoms with Crippen LogP contribution in [0.15, 0.2) is 12.2 Å². The van der Waals surface area contributed by atoms with Crippen LogP contribution in [0.3, 0.4) is 0 Å². The van der Waals surface area contributed by atoms with E-state index in [1.165, 1.54) is 44.1 Å². The van der Waals surface area contributed by atoms with E-state index in [0.29, 0.717) is 46.2 Å². The van der Waals surface area contributed by atoms with Crippen molar-refractivity contribution in [3.05, 3.63) is 12.2 Å². The highest BCUT2D eigenvalue weighted by Crippen LogP contribution is 2.75. The maximum atomic E-state index is 12.9. The van der Waals surface area contributed by atoms with Gasteiger partial charge in [0.25, 0.3) is 0 Å². The van der Waals surface area contributed by atoms with E-state index in [-0.39, 0.29) is 10.8 Å². The van der Waals surface area contributed by atoms with Gasteiger partial charge in [-0.15, -0.1) is 0 Å². The number of allylic oxidation sites excluding steroid dienone is 1. The second-order valence-corrected chi connectivity index (χ2v) is 14.6. The van der Waals surface area contributed by atoms with E-state index >= 15 is 0 Å². The highest BCUT2D eigenvalue weighted by molar-refractivity contribution is 5.85.